The first-order valence-electron chi connectivity index (χ1n) is 13.1. The molecular formula is C32H32N6O2. The number of carbonyl (C=O) groups is 1. The Kier molecular flexibility index (Phi) is 8.27. The number of aromatic nitrogens is 4. The normalized spacial score (nSPS) is 11.4. The lowest BCUT2D eigenvalue weighted by Crippen LogP contribution is -2.12. The van der Waals surface area contributed by atoms with Gasteiger partial charge in [0.25, 0.3) is 0 Å². The highest BCUT2D eigenvalue weighted by Gasteiger charge is 2.15. The zero-order valence-electron chi connectivity index (χ0n) is 22.9. The number of hydrogen-bond donors (Lipinski definition) is 2. The Morgan fingerprint density at radius 3 is 2.67 bits per heavy atom. The van der Waals surface area contributed by atoms with Crippen LogP contribution in [0.3, 0.4) is 0 Å². The molecule has 5 rings (SSSR count). The topological polar surface area (TPSA) is 96.0 Å². The molecule has 0 saturated heterocycles. The van der Waals surface area contributed by atoms with E-state index in [1.54, 1.807) is 13.2 Å². The molecule has 1 aromatic carbocycles. The highest BCUT2D eigenvalue weighted by atomic mass is 16.5. The molecule has 8 nitrogen and oxygen atoms in total. The number of nitrogens with zero attached hydrogens (tertiary/aromatic N) is 4. The fourth-order valence-corrected chi connectivity index (χ4v) is 4.55. The average molecular weight is 533 g/mol. The van der Waals surface area contributed by atoms with Crippen molar-refractivity contribution in [3.8, 4) is 28.1 Å². The summed E-state index contributed by atoms with van der Waals surface area (Å²) in [6, 6.07) is 17.9. The van der Waals surface area contributed by atoms with Crippen molar-refractivity contribution in [2.45, 2.75) is 12.8 Å². The van der Waals surface area contributed by atoms with Crippen molar-refractivity contribution in [1.29, 1.82) is 0 Å². The van der Waals surface area contributed by atoms with Crippen LogP contribution in [-0.2, 0) is 17.6 Å². The van der Waals surface area contributed by atoms with E-state index >= 15 is 0 Å². The molecule has 0 fully saturated rings. The number of methoxy groups -OCH3 is 1. The number of nitrogens with one attached hydrogen (secondary N) is 2. The second-order valence-electron chi connectivity index (χ2n) is 9.76. The van der Waals surface area contributed by atoms with Gasteiger partial charge in [-0.1, -0.05) is 24.3 Å². The molecule has 0 aliphatic rings. The molecule has 2 N–H and O–H groups in total. The first kappa shape index (κ1) is 26.8. The Labute approximate surface area is 233 Å². The number of amides is 1. The van der Waals surface area contributed by atoms with E-state index in [-0.39, 0.29) is 5.91 Å². The molecule has 0 atom stereocenters. The number of aromatic amines is 1. The number of aryl methyl sites for hydroxylation is 2. The molecule has 202 valence electrons. The van der Waals surface area contributed by atoms with Gasteiger partial charge in [0.1, 0.15) is 5.65 Å². The number of fused-ring (bicyclic) bond motifs is 1. The summed E-state index contributed by atoms with van der Waals surface area (Å²) in [5.41, 5.74) is 7.62. The molecule has 8 heteroatoms. The molecule has 5 aromatic rings. The molecule has 4 aromatic heterocycles. The van der Waals surface area contributed by atoms with Crippen molar-refractivity contribution < 1.29 is 9.53 Å². The Balaban J connectivity index is 1.45. The molecule has 0 saturated carbocycles. The minimum absolute atomic E-state index is 0.162. The third-order valence-electron chi connectivity index (χ3n) is 6.57. The summed E-state index contributed by atoms with van der Waals surface area (Å²) in [6.07, 6.45) is 12.5. The third kappa shape index (κ3) is 6.42. The Bertz CT molecular complexity index is 1640. The van der Waals surface area contributed by atoms with Gasteiger partial charge in [0.2, 0.25) is 11.8 Å². The van der Waals surface area contributed by atoms with Gasteiger partial charge in [-0.25, -0.2) is 9.97 Å². The van der Waals surface area contributed by atoms with E-state index < -0.39 is 0 Å². The first-order valence-corrected chi connectivity index (χ1v) is 13.1. The lowest BCUT2D eigenvalue weighted by atomic mass is 9.97. The van der Waals surface area contributed by atoms with E-state index in [4.69, 9.17) is 9.72 Å². The number of rotatable bonds is 10. The standard InChI is InChI=1S/C32H32N6O2/c1-38(2)15-7-11-30(39)37-26-10-6-8-22(16-26)24-17-28-29(21-36-32(28)35-20-24)27-18-31(40-3)34-19-23(27)12-13-25-9-4-5-14-33-25/h4-11,14,16-21H,12-13,15H2,1-3H3,(H,35,36)(H,37,39). The number of H-pyrrole nitrogens is 1. The minimum Gasteiger partial charge on any atom is -0.481 e. The fraction of sp³-hybridized carbons (Fsp3) is 0.188. The largest absolute Gasteiger partial charge is 0.481 e. The number of benzene rings is 1. The Morgan fingerprint density at radius 1 is 0.975 bits per heavy atom. The lowest BCUT2D eigenvalue weighted by Gasteiger charge is -2.11. The van der Waals surface area contributed by atoms with Crippen LogP contribution in [0.25, 0.3) is 33.3 Å². The number of anilines is 1. The molecule has 0 aliphatic heterocycles. The Morgan fingerprint density at radius 2 is 1.88 bits per heavy atom. The van der Waals surface area contributed by atoms with Crippen LogP contribution in [-0.4, -0.2) is 58.5 Å². The summed E-state index contributed by atoms with van der Waals surface area (Å²) in [6.45, 7) is 0.701. The van der Waals surface area contributed by atoms with Crippen molar-refractivity contribution in [3.05, 3.63) is 103 Å². The van der Waals surface area contributed by atoms with Crippen LogP contribution in [0.2, 0.25) is 0 Å². The summed E-state index contributed by atoms with van der Waals surface area (Å²) in [5, 5.41) is 3.94. The van der Waals surface area contributed by atoms with Crippen molar-refractivity contribution >= 4 is 22.6 Å². The molecule has 0 aliphatic carbocycles. The number of likely N-dealkylation sites (N-methyl/N-ethyl adjacent to an activating group) is 1. The van der Waals surface area contributed by atoms with Crippen molar-refractivity contribution in [1.82, 2.24) is 24.8 Å². The third-order valence-corrected chi connectivity index (χ3v) is 6.57. The number of carbonyl (C=O) groups excluding carboxylic acids is 1. The van der Waals surface area contributed by atoms with Crippen LogP contribution >= 0.6 is 0 Å². The highest BCUT2D eigenvalue weighted by Crippen LogP contribution is 2.35. The molecule has 0 bridgehead atoms. The summed E-state index contributed by atoms with van der Waals surface area (Å²) < 4.78 is 5.47. The predicted octanol–water partition coefficient (Wildman–Crippen LogP) is 5.54. The van der Waals surface area contributed by atoms with Crippen LogP contribution in [0.5, 0.6) is 5.88 Å². The number of ether oxygens (including phenoxy) is 1. The van der Waals surface area contributed by atoms with Crippen LogP contribution in [0.1, 0.15) is 11.3 Å². The number of pyridine rings is 3. The fourth-order valence-electron chi connectivity index (χ4n) is 4.55. The van der Waals surface area contributed by atoms with Crippen LogP contribution in [0.4, 0.5) is 5.69 Å². The minimum atomic E-state index is -0.162. The highest BCUT2D eigenvalue weighted by molar-refractivity contribution is 6.00. The van der Waals surface area contributed by atoms with Crippen LogP contribution in [0.15, 0.2) is 91.5 Å². The summed E-state index contributed by atoms with van der Waals surface area (Å²) >= 11 is 0. The quantitative estimate of drug-likeness (QED) is 0.229. The van der Waals surface area contributed by atoms with Crippen LogP contribution in [0, 0.1) is 0 Å². The van der Waals surface area contributed by atoms with Crippen molar-refractivity contribution in [2.24, 2.45) is 0 Å². The van der Waals surface area contributed by atoms with E-state index in [2.05, 4.69) is 26.3 Å². The molecule has 0 radical (unpaired) electrons. The van der Waals surface area contributed by atoms with Gasteiger partial charge in [0.05, 0.1) is 7.11 Å². The van der Waals surface area contributed by atoms with Gasteiger partial charge in [0.15, 0.2) is 0 Å². The zero-order chi connectivity index (χ0) is 27.9. The maximum atomic E-state index is 12.4. The smallest absolute Gasteiger partial charge is 0.248 e. The maximum Gasteiger partial charge on any atom is 0.248 e. The van der Waals surface area contributed by atoms with Gasteiger partial charge in [-0.2, -0.15) is 0 Å². The van der Waals surface area contributed by atoms with Gasteiger partial charge in [-0.05, 0) is 74.0 Å². The van der Waals surface area contributed by atoms with Gasteiger partial charge < -0.3 is 19.9 Å². The van der Waals surface area contributed by atoms with E-state index in [9.17, 15) is 4.79 Å². The predicted molar refractivity (Wildman–Crippen MR) is 159 cm³/mol. The van der Waals surface area contributed by atoms with Gasteiger partial charge in [0, 0.05) is 71.4 Å². The first-order chi connectivity index (χ1) is 19.5. The van der Waals surface area contributed by atoms with E-state index in [1.807, 2.05) is 98.4 Å². The zero-order valence-corrected chi connectivity index (χ0v) is 22.9. The van der Waals surface area contributed by atoms with E-state index in [0.29, 0.717) is 12.4 Å². The lowest BCUT2D eigenvalue weighted by molar-refractivity contribution is -0.111. The molecule has 4 heterocycles. The van der Waals surface area contributed by atoms with Crippen LogP contribution < -0.4 is 10.1 Å². The molecular weight excluding hydrogens is 500 g/mol. The monoisotopic (exact) mass is 532 g/mol. The SMILES string of the molecule is COc1cc(-c2c[nH]c3ncc(-c4cccc(NC(=O)C=CCN(C)C)c4)cc23)c(CCc2ccccn2)cn1. The molecule has 1 amide bonds. The van der Waals surface area contributed by atoms with E-state index in [1.165, 1.54) is 0 Å². The maximum absolute atomic E-state index is 12.4. The second kappa shape index (κ2) is 12.4. The summed E-state index contributed by atoms with van der Waals surface area (Å²) in [4.78, 5) is 31.3. The summed E-state index contributed by atoms with van der Waals surface area (Å²) in [5.74, 6) is 0.392. The van der Waals surface area contributed by atoms with E-state index in [0.717, 1.165) is 63.1 Å². The van der Waals surface area contributed by atoms with Gasteiger partial charge in [-0.15, -0.1) is 0 Å². The summed E-state index contributed by atoms with van der Waals surface area (Å²) in [7, 11) is 5.54. The number of hydrogen-bond acceptors (Lipinski definition) is 6. The van der Waals surface area contributed by atoms with Crippen molar-refractivity contribution in [2.75, 3.05) is 33.1 Å². The van der Waals surface area contributed by atoms with Gasteiger partial charge >= 0.3 is 0 Å². The molecule has 0 spiro atoms. The Hall–Kier alpha value is -4.82. The van der Waals surface area contributed by atoms with Crippen molar-refractivity contribution in [3.63, 3.8) is 0 Å². The van der Waals surface area contributed by atoms with Gasteiger partial charge in [-0.3, -0.25) is 9.78 Å². The second-order valence-corrected chi connectivity index (χ2v) is 9.76. The average Bonchev–Trinajstić information content (AvgIpc) is 3.39. The molecule has 0 unspecified atom stereocenters. The molecule has 40 heavy (non-hydrogen) atoms.